The Morgan fingerprint density at radius 1 is 1.27 bits per heavy atom. The maximum absolute atomic E-state index is 3.78. The summed E-state index contributed by atoms with van der Waals surface area (Å²) in [6.45, 7) is 13.9. The van der Waals surface area contributed by atoms with Crippen LogP contribution in [0.3, 0.4) is 0 Å². The monoisotopic (exact) mass is 212 g/mol. The lowest BCUT2D eigenvalue weighted by molar-refractivity contribution is 0.0463. The van der Waals surface area contributed by atoms with Crippen molar-refractivity contribution in [2.45, 2.75) is 71.5 Å². The van der Waals surface area contributed by atoms with Gasteiger partial charge in [-0.05, 0) is 33.1 Å². The molecule has 15 heavy (non-hydrogen) atoms. The van der Waals surface area contributed by atoms with Crippen molar-refractivity contribution in [1.82, 2.24) is 10.2 Å². The van der Waals surface area contributed by atoms with E-state index in [0.29, 0.717) is 11.6 Å². The first-order chi connectivity index (χ1) is 7.08. The molecule has 1 unspecified atom stereocenters. The quantitative estimate of drug-likeness (QED) is 0.770. The molecule has 0 bridgehead atoms. The Bertz CT molecular complexity index is 185. The molecule has 0 aromatic carbocycles. The second-order valence-electron chi connectivity index (χ2n) is 5.20. The Morgan fingerprint density at radius 2 is 1.87 bits per heavy atom. The van der Waals surface area contributed by atoms with E-state index in [1.165, 1.54) is 25.8 Å². The standard InChI is InChI=1S/C13H28N2/c1-6-12-9-14-13(7-2,8-3)10-15(12)11(4)5/h11-12,14H,6-10H2,1-5H3. The summed E-state index contributed by atoms with van der Waals surface area (Å²) in [4.78, 5) is 2.68. The zero-order valence-electron chi connectivity index (χ0n) is 11.1. The molecule has 0 aromatic rings. The summed E-state index contributed by atoms with van der Waals surface area (Å²) >= 11 is 0. The highest BCUT2D eigenvalue weighted by molar-refractivity contribution is 4.97. The number of rotatable bonds is 4. The Kier molecular flexibility index (Phi) is 4.60. The van der Waals surface area contributed by atoms with Crippen LogP contribution in [0.5, 0.6) is 0 Å². The molecule has 1 fully saturated rings. The topological polar surface area (TPSA) is 15.3 Å². The van der Waals surface area contributed by atoms with Crippen LogP contribution in [0.1, 0.15) is 53.9 Å². The minimum Gasteiger partial charge on any atom is -0.308 e. The maximum atomic E-state index is 3.78. The molecule has 90 valence electrons. The number of piperazine rings is 1. The van der Waals surface area contributed by atoms with Crippen LogP contribution in [0.15, 0.2) is 0 Å². The Balaban J connectivity index is 2.72. The molecule has 1 N–H and O–H groups in total. The first-order valence-electron chi connectivity index (χ1n) is 6.59. The molecular formula is C13H28N2. The van der Waals surface area contributed by atoms with Crippen molar-refractivity contribution >= 4 is 0 Å². The van der Waals surface area contributed by atoms with Crippen LogP contribution in [-0.2, 0) is 0 Å². The van der Waals surface area contributed by atoms with Crippen molar-refractivity contribution in [3.8, 4) is 0 Å². The molecule has 1 rings (SSSR count). The van der Waals surface area contributed by atoms with E-state index in [2.05, 4.69) is 44.8 Å². The van der Waals surface area contributed by atoms with Crippen LogP contribution >= 0.6 is 0 Å². The minimum absolute atomic E-state index is 0.371. The lowest BCUT2D eigenvalue weighted by atomic mass is 9.87. The molecule has 0 radical (unpaired) electrons. The summed E-state index contributed by atoms with van der Waals surface area (Å²) in [5.74, 6) is 0. The minimum atomic E-state index is 0.371. The van der Waals surface area contributed by atoms with Crippen LogP contribution < -0.4 is 5.32 Å². The fraction of sp³-hybridized carbons (Fsp3) is 1.00. The first kappa shape index (κ1) is 13.0. The summed E-state index contributed by atoms with van der Waals surface area (Å²) in [6.07, 6.45) is 3.74. The highest BCUT2D eigenvalue weighted by Gasteiger charge is 2.36. The van der Waals surface area contributed by atoms with Gasteiger partial charge in [0, 0.05) is 30.7 Å². The number of hydrogen-bond donors (Lipinski definition) is 1. The van der Waals surface area contributed by atoms with Gasteiger partial charge < -0.3 is 5.32 Å². The largest absolute Gasteiger partial charge is 0.308 e. The van der Waals surface area contributed by atoms with E-state index in [0.717, 1.165) is 12.6 Å². The maximum Gasteiger partial charge on any atom is 0.0304 e. The van der Waals surface area contributed by atoms with Crippen molar-refractivity contribution in [2.75, 3.05) is 13.1 Å². The number of nitrogens with zero attached hydrogens (tertiary/aromatic N) is 1. The van der Waals surface area contributed by atoms with Crippen LogP contribution in [-0.4, -0.2) is 35.6 Å². The molecule has 0 spiro atoms. The summed E-state index contributed by atoms with van der Waals surface area (Å²) in [7, 11) is 0. The highest BCUT2D eigenvalue weighted by Crippen LogP contribution is 2.25. The van der Waals surface area contributed by atoms with Crippen LogP contribution in [0, 0.1) is 0 Å². The third-order valence-electron chi connectivity index (χ3n) is 4.16. The van der Waals surface area contributed by atoms with Gasteiger partial charge >= 0.3 is 0 Å². The molecule has 2 nitrogen and oxygen atoms in total. The summed E-state index contributed by atoms with van der Waals surface area (Å²) in [6, 6.07) is 1.41. The molecule has 1 atom stereocenters. The lowest BCUT2D eigenvalue weighted by Crippen LogP contribution is -2.65. The molecule has 1 saturated heterocycles. The fourth-order valence-corrected chi connectivity index (χ4v) is 2.69. The molecule has 0 aromatic heterocycles. The van der Waals surface area contributed by atoms with Gasteiger partial charge in [0.15, 0.2) is 0 Å². The zero-order valence-corrected chi connectivity index (χ0v) is 11.1. The van der Waals surface area contributed by atoms with E-state index >= 15 is 0 Å². The Morgan fingerprint density at radius 3 is 2.27 bits per heavy atom. The van der Waals surface area contributed by atoms with Crippen molar-refractivity contribution in [3.63, 3.8) is 0 Å². The zero-order chi connectivity index (χ0) is 11.5. The molecule has 1 aliphatic rings. The van der Waals surface area contributed by atoms with E-state index < -0.39 is 0 Å². The predicted molar refractivity (Wildman–Crippen MR) is 67.2 cm³/mol. The second kappa shape index (κ2) is 5.31. The van der Waals surface area contributed by atoms with Crippen molar-refractivity contribution in [1.29, 1.82) is 0 Å². The highest BCUT2D eigenvalue weighted by atomic mass is 15.3. The fourth-order valence-electron chi connectivity index (χ4n) is 2.69. The molecular weight excluding hydrogens is 184 g/mol. The van der Waals surface area contributed by atoms with Gasteiger partial charge in [0.1, 0.15) is 0 Å². The van der Waals surface area contributed by atoms with Gasteiger partial charge in [0.2, 0.25) is 0 Å². The van der Waals surface area contributed by atoms with Crippen LogP contribution in [0.4, 0.5) is 0 Å². The molecule has 0 amide bonds. The Labute approximate surface area is 95.4 Å². The number of hydrogen-bond acceptors (Lipinski definition) is 2. The van der Waals surface area contributed by atoms with Crippen LogP contribution in [0.25, 0.3) is 0 Å². The van der Waals surface area contributed by atoms with Gasteiger partial charge in [0.05, 0.1) is 0 Å². The number of nitrogens with one attached hydrogen (secondary N) is 1. The first-order valence-corrected chi connectivity index (χ1v) is 6.59. The van der Waals surface area contributed by atoms with E-state index in [1.54, 1.807) is 0 Å². The average molecular weight is 212 g/mol. The lowest BCUT2D eigenvalue weighted by Gasteiger charge is -2.49. The molecule has 2 heteroatoms. The molecule has 0 saturated carbocycles. The Hall–Kier alpha value is -0.0800. The summed E-state index contributed by atoms with van der Waals surface area (Å²) < 4.78 is 0. The van der Waals surface area contributed by atoms with Crippen molar-refractivity contribution in [2.24, 2.45) is 0 Å². The third kappa shape index (κ3) is 2.73. The smallest absolute Gasteiger partial charge is 0.0304 e. The van der Waals surface area contributed by atoms with Gasteiger partial charge in [-0.1, -0.05) is 20.8 Å². The van der Waals surface area contributed by atoms with Gasteiger partial charge in [-0.2, -0.15) is 0 Å². The summed E-state index contributed by atoms with van der Waals surface area (Å²) in [5.41, 5.74) is 0.371. The van der Waals surface area contributed by atoms with Gasteiger partial charge in [-0.25, -0.2) is 0 Å². The van der Waals surface area contributed by atoms with Gasteiger partial charge in [-0.15, -0.1) is 0 Å². The van der Waals surface area contributed by atoms with E-state index in [1.807, 2.05) is 0 Å². The van der Waals surface area contributed by atoms with Crippen molar-refractivity contribution in [3.05, 3.63) is 0 Å². The van der Waals surface area contributed by atoms with E-state index in [-0.39, 0.29) is 0 Å². The summed E-state index contributed by atoms with van der Waals surface area (Å²) in [5, 5.41) is 3.78. The SMILES string of the molecule is CCC1CNC(CC)(CC)CN1C(C)C. The van der Waals surface area contributed by atoms with Gasteiger partial charge in [-0.3, -0.25) is 4.90 Å². The molecule has 0 aliphatic carbocycles. The van der Waals surface area contributed by atoms with Gasteiger partial charge in [0.25, 0.3) is 0 Å². The average Bonchev–Trinajstić information content (AvgIpc) is 2.28. The third-order valence-corrected chi connectivity index (χ3v) is 4.16. The molecule has 1 aliphatic heterocycles. The predicted octanol–water partition coefficient (Wildman–Crippen LogP) is 2.64. The van der Waals surface area contributed by atoms with E-state index in [4.69, 9.17) is 0 Å². The van der Waals surface area contributed by atoms with Crippen molar-refractivity contribution < 1.29 is 0 Å². The second-order valence-corrected chi connectivity index (χ2v) is 5.20. The van der Waals surface area contributed by atoms with E-state index in [9.17, 15) is 0 Å². The molecule has 1 heterocycles. The van der Waals surface area contributed by atoms with Crippen LogP contribution in [0.2, 0.25) is 0 Å². The normalized spacial score (nSPS) is 27.2.